The molecule has 0 saturated carbocycles. The lowest BCUT2D eigenvalue weighted by molar-refractivity contribution is -0.124. The topological polar surface area (TPSA) is 55.5 Å². The molecule has 3 nitrogen and oxygen atoms in total. The second-order valence-electron chi connectivity index (χ2n) is 6.05. The summed E-state index contributed by atoms with van der Waals surface area (Å²) < 4.78 is 5.44. The molecule has 1 heterocycles. The van der Waals surface area contributed by atoms with Crippen molar-refractivity contribution in [2.24, 2.45) is 11.1 Å². The highest BCUT2D eigenvalue weighted by molar-refractivity contribution is 5.34. The number of aliphatic hydroxyl groups is 1. The fourth-order valence-electron chi connectivity index (χ4n) is 3.21. The monoisotopic (exact) mass is 263 g/mol. The fraction of sp³-hybridized carbons (Fsp3) is 0.625. The van der Waals surface area contributed by atoms with E-state index in [-0.39, 0.29) is 5.41 Å². The van der Waals surface area contributed by atoms with Gasteiger partial charge in [-0.25, -0.2) is 0 Å². The molecule has 1 aromatic carbocycles. The van der Waals surface area contributed by atoms with Gasteiger partial charge in [0.05, 0.1) is 5.60 Å². The molecule has 19 heavy (non-hydrogen) atoms. The summed E-state index contributed by atoms with van der Waals surface area (Å²) in [6.07, 6.45) is 1.62. The Morgan fingerprint density at radius 2 is 1.74 bits per heavy atom. The second kappa shape index (κ2) is 5.23. The Labute approximate surface area is 115 Å². The van der Waals surface area contributed by atoms with E-state index in [1.54, 1.807) is 0 Å². The zero-order valence-corrected chi connectivity index (χ0v) is 12.2. The van der Waals surface area contributed by atoms with E-state index in [0.29, 0.717) is 19.8 Å². The molecule has 0 radical (unpaired) electrons. The number of nitrogens with two attached hydrogens (primary N) is 1. The molecule has 1 saturated heterocycles. The van der Waals surface area contributed by atoms with Gasteiger partial charge in [0, 0.05) is 25.2 Å². The maximum absolute atomic E-state index is 11.2. The van der Waals surface area contributed by atoms with E-state index < -0.39 is 5.60 Å². The number of aryl methyl sites for hydroxylation is 2. The minimum absolute atomic E-state index is 0.286. The first-order valence-corrected chi connectivity index (χ1v) is 7.00. The number of hydrogen-bond donors (Lipinski definition) is 2. The van der Waals surface area contributed by atoms with Crippen molar-refractivity contribution in [3.8, 4) is 0 Å². The van der Waals surface area contributed by atoms with E-state index in [4.69, 9.17) is 10.5 Å². The molecule has 1 atom stereocenters. The lowest BCUT2D eigenvalue weighted by atomic mass is 9.64. The number of rotatable bonds is 3. The van der Waals surface area contributed by atoms with Crippen LogP contribution in [0.25, 0.3) is 0 Å². The molecule has 1 aliphatic rings. The van der Waals surface area contributed by atoms with E-state index in [9.17, 15) is 5.11 Å². The molecule has 0 spiro atoms. The molecule has 3 N–H and O–H groups in total. The van der Waals surface area contributed by atoms with Gasteiger partial charge in [0.25, 0.3) is 0 Å². The SMILES string of the molecule is Cc1cc(C)cc(C(C)(O)C2(CN)CCOCC2)c1. The quantitative estimate of drug-likeness (QED) is 0.879. The largest absolute Gasteiger partial charge is 0.385 e. The number of benzene rings is 1. The Morgan fingerprint density at radius 3 is 2.21 bits per heavy atom. The summed E-state index contributed by atoms with van der Waals surface area (Å²) in [4.78, 5) is 0. The van der Waals surface area contributed by atoms with Crippen LogP contribution in [0.5, 0.6) is 0 Å². The first kappa shape index (κ1) is 14.5. The molecule has 3 heteroatoms. The minimum Gasteiger partial charge on any atom is -0.385 e. The van der Waals surface area contributed by atoms with E-state index in [1.807, 2.05) is 6.92 Å². The molecule has 1 fully saturated rings. The molecule has 1 aromatic rings. The Kier molecular flexibility index (Phi) is 4.00. The van der Waals surface area contributed by atoms with Crippen molar-refractivity contribution in [3.05, 3.63) is 34.9 Å². The van der Waals surface area contributed by atoms with Crippen LogP contribution in [0.2, 0.25) is 0 Å². The Bertz CT molecular complexity index is 428. The van der Waals surface area contributed by atoms with Gasteiger partial charge in [0.1, 0.15) is 0 Å². The van der Waals surface area contributed by atoms with Crippen molar-refractivity contribution in [2.75, 3.05) is 19.8 Å². The molecule has 0 amide bonds. The van der Waals surface area contributed by atoms with Gasteiger partial charge in [-0.2, -0.15) is 0 Å². The minimum atomic E-state index is -0.914. The summed E-state index contributed by atoms with van der Waals surface area (Å²) in [6, 6.07) is 6.26. The summed E-state index contributed by atoms with van der Waals surface area (Å²) in [5.74, 6) is 0. The van der Waals surface area contributed by atoms with Crippen LogP contribution in [-0.4, -0.2) is 24.9 Å². The normalized spacial score (nSPS) is 21.9. The number of hydrogen-bond acceptors (Lipinski definition) is 3. The standard InChI is InChI=1S/C16H25NO2/c1-12-8-13(2)10-14(9-12)15(3,18)16(11-17)4-6-19-7-5-16/h8-10,18H,4-7,11,17H2,1-3H3. The molecule has 0 bridgehead atoms. The third kappa shape index (κ3) is 2.55. The van der Waals surface area contributed by atoms with Gasteiger partial charge in [-0.05, 0) is 39.2 Å². The highest BCUT2D eigenvalue weighted by Crippen LogP contribution is 2.46. The average Bonchev–Trinajstić information content (AvgIpc) is 2.38. The summed E-state index contributed by atoms with van der Waals surface area (Å²) in [6.45, 7) is 7.86. The Morgan fingerprint density at radius 1 is 1.21 bits per heavy atom. The van der Waals surface area contributed by atoms with Crippen LogP contribution in [0, 0.1) is 19.3 Å². The molecule has 0 aliphatic carbocycles. The first-order chi connectivity index (χ1) is 8.91. The van der Waals surface area contributed by atoms with Crippen molar-refractivity contribution in [2.45, 2.75) is 39.2 Å². The highest BCUT2D eigenvalue weighted by atomic mass is 16.5. The Balaban J connectivity index is 2.43. The predicted octanol–water partition coefficient (Wildman–Crippen LogP) is 2.27. The van der Waals surface area contributed by atoms with Gasteiger partial charge in [0.15, 0.2) is 0 Å². The summed E-state index contributed by atoms with van der Waals surface area (Å²) in [5, 5.41) is 11.2. The van der Waals surface area contributed by atoms with E-state index >= 15 is 0 Å². The molecule has 106 valence electrons. The van der Waals surface area contributed by atoms with E-state index in [1.165, 1.54) is 11.1 Å². The molecule has 1 aliphatic heterocycles. The van der Waals surface area contributed by atoms with Gasteiger partial charge < -0.3 is 15.6 Å². The molecule has 2 rings (SSSR count). The van der Waals surface area contributed by atoms with E-state index in [2.05, 4.69) is 32.0 Å². The summed E-state index contributed by atoms with van der Waals surface area (Å²) in [5.41, 5.74) is 8.14. The fourth-order valence-corrected chi connectivity index (χ4v) is 3.21. The lowest BCUT2D eigenvalue weighted by Crippen LogP contribution is -2.51. The zero-order valence-electron chi connectivity index (χ0n) is 12.2. The highest BCUT2D eigenvalue weighted by Gasteiger charge is 2.48. The lowest BCUT2D eigenvalue weighted by Gasteiger charge is -2.47. The summed E-state index contributed by atoms with van der Waals surface area (Å²) >= 11 is 0. The summed E-state index contributed by atoms with van der Waals surface area (Å²) in [7, 11) is 0. The molecule has 1 unspecified atom stereocenters. The molecular weight excluding hydrogens is 238 g/mol. The van der Waals surface area contributed by atoms with Crippen molar-refractivity contribution < 1.29 is 9.84 Å². The predicted molar refractivity (Wildman–Crippen MR) is 77.0 cm³/mol. The van der Waals surface area contributed by atoms with Gasteiger partial charge in [-0.15, -0.1) is 0 Å². The van der Waals surface area contributed by atoms with Gasteiger partial charge in [-0.3, -0.25) is 0 Å². The molecular formula is C16H25NO2. The van der Waals surface area contributed by atoms with Gasteiger partial charge in [-0.1, -0.05) is 29.3 Å². The second-order valence-corrected chi connectivity index (χ2v) is 6.05. The van der Waals surface area contributed by atoms with Crippen LogP contribution in [0.3, 0.4) is 0 Å². The third-order valence-electron chi connectivity index (χ3n) is 4.66. The van der Waals surface area contributed by atoms with Gasteiger partial charge in [0.2, 0.25) is 0 Å². The van der Waals surface area contributed by atoms with Crippen molar-refractivity contribution in [1.82, 2.24) is 0 Å². The van der Waals surface area contributed by atoms with Crippen molar-refractivity contribution >= 4 is 0 Å². The molecule has 0 aromatic heterocycles. The van der Waals surface area contributed by atoms with Gasteiger partial charge >= 0.3 is 0 Å². The average molecular weight is 263 g/mol. The number of ether oxygens (including phenoxy) is 1. The maximum atomic E-state index is 11.2. The smallest absolute Gasteiger partial charge is 0.0938 e. The van der Waals surface area contributed by atoms with Crippen LogP contribution in [0.1, 0.15) is 36.5 Å². The van der Waals surface area contributed by atoms with Crippen LogP contribution < -0.4 is 5.73 Å². The first-order valence-electron chi connectivity index (χ1n) is 7.00. The van der Waals surface area contributed by atoms with Crippen LogP contribution >= 0.6 is 0 Å². The van der Waals surface area contributed by atoms with Crippen LogP contribution in [0.15, 0.2) is 18.2 Å². The van der Waals surface area contributed by atoms with Crippen molar-refractivity contribution in [1.29, 1.82) is 0 Å². The zero-order chi connectivity index (χ0) is 14.1. The van der Waals surface area contributed by atoms with Crippen LogP contribution in [0.4, 0.5) is 0 Å². The van der Waals surface area contributed by atoms with Crippen molar-refractivity contribution in [3.63, 3.8) is 0 Å². The Hall–Kier alpha value is -0.900. The maximum Gasteiger partial charge on any atom is 0.0938 e. The third-order valence-corrected chi connectivity index (χ3v) is 4.66. The van der Waals surface area contributed by atoms with E-state index in [0.717, 1.165) is 18.4 Å². The van der Waals surface area contributed by atoms with Crippen LogP contribution in [-0.2, 0) is 10.3 Å².